The molecule has 1 aliphatic heterocycles. The Kier molecular flexibility index (Phi) is 5.84. The quantitative estimate of drug-likeness (QED) is 0.835. The van der Waals surface area contributed by atoms with Gasteiger partial charge in [-0.1, -0.05) is 18.2 Å². The van der Waals surface area contributed by atoms with Crippen molar-refractivity contribution in [1.82, 2.24) is 15.6 Å². The number of hydrogen-bond donors (Lipinski definition) is 2. The fourth-order valence-corrected chi connectivity index (χ4v) is 2.97. The van der Waals surface area contributed by atoms with Gasteiger partial charge in [0, 0.05) is 31.4 Å². The van der Waals surface area contributed by atoms with E-state index in [0.717, 1.165) is 24.5 Å². The standard InChI is InChI=1S/C20H24N4O2/c1-15(23-20(26)17-7-3-2-4-8-17)19(25)22-14-16-9-10-21-18(13-16)24-11-5-6-12-24/h2-4,7-10,13,15H,5-6,11-12,14H2,1H3,(H,22,25)(H,23,26). The van der Waals surface area contributed by atoms with Crippen molar-refractivity contribution in [3.8, 4) is 0 Å². The molecule has 2 N–H and O–H groups in total. The predicted molar refractivity (Wildman–Crippen MR) is 101 cm³/mol. The van der Waals surface area contributed by atoms with E-state index in [2.05, 4.69) is 20.5 Å². The first-order chi connectivity index (χ1) is 12.6. The highest BCUT2D eigenvalue weighted by molar-refractivity contribution is 5.97. The van der Waals surface area contributed by atoms with Gasteiger partial charge in [-0.05, 0) is 49.6 Å². The first-order valence-corrected chi connectivity index (χ1v) is 8.97. The third kappa shape index (κ3) is 4.59. The topological polar surface area (TPSA) is 74.3 Å². The molecule has 0 saturated carbocycles. The Hall–Kier alpha value is -2.89. The molecule has 1 aromatic carbocycles. The number of carbonyl (C=O) groups excluding carboxylic acids is 2. The number of carbonyl (C=O) groups is 2. The van der Waals surface area contributed by atoms with Crippen LogP contribution < -0.4 is 15.5 Å². The molecule has 0 radical (unpaired) electrons. The molecule has 136 valence electrons. The molecule has 2 aromatic rings. The van der Waals surface area contributed by atoms with Crippen LogP contribution in [0.4, 0.5) is 5.82 Å². The molecule has 1 saturated heterocycles. The second kappa shape index (κ2) is 8.47. The highest BCUT2D eigenvalue weighted by atomic mass is 16.2. The Bertz CT molecular complexity index is 757. The number of aromatic nitrogens is 1. The first-order valence-electron chi connectivity index (χ1n) is 8.97. The van der Waals surface area contributed by atoms with Crippen molar-refractivity contribution in [2.45, 2.75) is 32.4 Å². The number of anilines is 1. The maximum absolute atomic E-state index is 12.3. The molecule has 1 aromatic heterocycles. The summed E-state index contributed by atoms with van der Waals surface area (Å²) in [4.78, 5) is 31.1. The molecule has 1 unspecified atom stereocenters. The average Bonchev–Trinajstić information content (AvgIpc) is 3.22. The van der Waals surface area contributed by atoms with Gasteiger partial charge in [-0.25, -0.2) is 4.98 Å². The van der Waals surface area contributed by atoms with E-state index in [-0.39, 0.29) is 11.8 Å². The molecule has 26 heavy (non-hydrogen) atoms. The van der Waals surface area contributed by atoms with Crippen LogP contribution >= 0.6 is 0 Å². The van der Waals surface area contributed by atoms with Gasteiger partial charge in [0.25, 0.3) is 5.91 Å². The number of pyridine rings is 1. The molecular formula is C20H24N4O2. The number of nitrogens with one attached hydrogen (secondary N) is 2. The van der Waals surface area contributed by atoms with Gasteiger partial charge >= 0.3 is 0 Å². The number of nitrogens with zero attached hydrogens (tertiary/aromatic N) is 2. The molecule has 3 rings (SSSR count). The summed E-state index contributed by atoms with van der Waals surface area (Å²) < 4.78 is 0. The van der Waals surface area contributed by atoms with Gasteiger partial charge in [-0.15, -0.1) is 0 Å². The molecule has 1 fully saturated rings. The van der Waals surface area contributed by atoms with E-state index in [1.165, 1.54) is 12.8 Å². The molecule has 6 heteroatoms. The molecular weight excluding hydrogens is 328 g/mol. The van der Waals surface area contributed by atoms with Crippen LogP contribution in [0.3, 0.4) is 0 Å². The van der Waals surface area contributed by atoms with Crippen molar-refractivity contribution >= 4 is 17.6 Å². The lowest BCUT2D eigenvalue weighted by Gasteiger charge is -2.17. The zero-order valence-electron chi connectivity index (χ0n) is 14.9. The normalized spacial score (nSPS) is 14.7. The number of hydrogen-bond acceptors (Lipinski definition) is 4. The first kappa shape index (κ1) is 17.9. The second-order valence-electron chi connectivity index (χ2n) is 6.50. The number of benzene rings is 1. The summed E-state index contributed by atoms with van der Waals surface area (Å²) in [6.45, 7) is 4.16. The molecule has 0 spiro atoms. The summed E-state index contributed by atoms with van der Waals surface area (Å²) in [6, 6.07) is 12.2. The van der Waals surface area contributed by atoms with Crippen LogP contribution in [0.25, 0.3) is 0 Å². The largest absolute Gasteiger partial charge is 0.357 e. The van der Waals surface area contributed by atoms with Crippen LogP contribution in [0.15, 0.2) is 48.7 Å². The lowest BCUT2D eigenvalue weighted by molar-refractivity contribution is -0.122. The maximum atomic E-state index is 12.3. The Labute approximate surface area is 153 Å². The van der Waals surface area contributed by atoms with Crippen molar-refractivity contribution in [3.63, 3.8) is 0 Å². The van der Waals surface area contributed by atoms with E-state index in [0.29, 0.717) is 12.1 Å². The molecule has 2 heterocycles. The van der Waals surface area contributed by atoms with Gasteiger partial charge in [0.1, 0.15) is 11.9 Å². The van der Waals surface area contributed by atoms with Gasteiger partial charge < -0.3 is 15.5 Å². The average molecular weight is 352 g/mol. The van der Waals surface area contributed by atoms with Crippen molar-refractivity contribution in [2.24, 2.45) is 0 Å². The Morgan fingerprint density at radius 2 is 1.88 bits per heavy atom. The van der Waals surface area contributed by atoms with Crippen LogP contribution in [-0.4, -0.2) is 35.9 Å². The Morgan fingerprint density at radius 1 is 1.15 bits per heavy atom. The van der Waals surface area contributed by atoms with Crippen LogP contribution in [0.1, 0.15) is 35.7 Å². The number of rotatable bonds is 6. The van der Waals surface area contributed by atoms with Gasteiger partial charge in [-0.2, -0.15) is 0 Å². The fraction of sp³-hybridized carbons (Fsp3) is 0.350. The van der Waals surface area contributed by atoms with E-state index in [9.17, 15) is 9.59 Å². The predicted octanol–water partition coefficient (Wildman–Crippen LogP) is 2.12. The summed E-state index contributed by atoms with van der Waals surface area (Å²) in [5, 5.41) is 5.59. The smallest absolute Gasteiger partial charge is 0.251 e. The van der Waals surface area contributed by atoms with Gasteiger partial charge in [0.2, 0.25) is 5.91 Å². The monoisotopic (exact) mass is 352 g/mol. The van der Waals surface area contributed by atoms with Crippen molar-refractivity contribution < 1.29 is 9.59 Å². The minimum absolute atomic E-state index is 0.214. The van der Waals surface area contributed by atoms with E-state index in [1.807, 2.05) is 18.2 Å². The van der Waals surface area contributed by atoms with Gasteiger partial charge in [-0.3, -0.25) is 9.59 Å². The maximum Gasteiger partial charge on any atom is 0.251 e. The lowest BCUT2D eigenvalue weighted by atomic mass is 10.2. The molecule has 0 bridgehead atoms. The molecule has 0 aliphatic carbocycles. The van der Waals surface area contributed by atoms with E-state index in [1.54, 1.807) is 37.4 Å². The summed E-state index contributed by atoms with van der Waals surface area (Å²) in [7, 11) is 0. The van der Waals surface area contributed by atoms with Crippen molar-refractivity contribution in [1.29, 1.82) is 0 Å². The molecule has 6 nitrogen and oxygen atoms in total. The molecule has 1 atom stereocenters. The zero-order valence-corrected chi connectivity index (χ0v) is 14.9. The van der Waals surface area contributed by atoms with Crippen molar-refractivity contribution in [3.05, 3.63) is 59.8 Å². The van der Waals surface area contributed by atoms with Crippen LogP contribution in [0, 0.1) is 0 Å². The summed E-state index contributed by atoms with van der Waals surface area (Å²) >= 11 is 0. The van der Waals surface area contributed by atoms with Crippen LogP contribution in [-0.2, 0) is 11.3 Å². The minimum Gasteiger partial charge on any atom is -0.357 e. The fourth-order valence-electron chi connectivity index (χ4n) is 2.97. The van der Waals surface area contributed by atoms with Gasteiger partial charge in [0.15, 0.2) is 0 Å². The molecule has 1 aliphatic rings. The van der Waals surface area contributed by atoms with Crippen molar-refractivity contribution in [2.75, 3.05) is 18.0 Å². The SMILES string of the molecule is CC(NC(=O)c1ccccc1)C(=O)NCc1ccnc(N2CCCC2)c1. The minimum atomic E-state index is -0.609. The second-order valence-corrected chi connectivity index (χ2v) is 6.50. The lowest BCUT2D eigenvalue weighted by Crippen LogP contribution is -2.44. The van der Waals surface area contributed by atoms with Crippen LogP contribution in [0.5, 0.6) is 0 Å². The summed E-state index contributed by atoms with van der Waals surface area (Å²) in [6.07, 6.45) is 4.16. The summed E-state index contributed by atoms with van der Waals surface area (Å²) in [5.41, 5.74) is 1.54. The highest BCUT2D eigenvalue weighted by Crippen LogP contribution is 2.18. The summed E-state index contributed by atoms with van der Waals surface area (Å²) in [5.74, 6) is 0.488. The molecule has 2 amide bonds. The highest BCUT2D eigenvalue weighted by Gasteiger charge is 2.17. The third-order valence-electron chi connectivity index (χ3n) is 4.48. The third-order valence-corrected chi connectivity index (χ3v) is 4.48. The van der Waals surface area contributed by atoms with E-state index < -0.39 is 6.04 Å². The van der Waals surface area contributed by atoms with E-state index in [4.69, 9.17) is 0 Å². The van der Waals surface area contributed by atoms with Gasteiger partial charge in [0.05, 0.1) is 0 Å². The zero-order chi connectivity index (χ0) is 18.4. The Morgan fingerprint density at radius 3 is 2.62 bits per heavy atom. The number of amides is 2. The van der Waals surface area contributed by atoms with E-state index >= 15 is 0 Å². The van der Waals surface area contributed by atoms with Crippen LogP contribution in [0.2, 0.25) is 0 Å². The Balaban J connectivity index is 1.51.